The van der Waals surface area contributed by atoms with Gasteiger partial charge in [-0.15, -0.1) is 0 Å². The van der Waals surface area contributed by atoms with Gasteiger partial charge >= 0.3 is 5.97 Å². The maximum Gasteiger partial charge on any atom is 0.313 e. The van der Waals surface area contributed by atoms with Gasteiger partial charge in [0.2, 0.25) is 0 Å². The van der Waals surface area contributed by atoms with Crippen LogP contribution in [0.1, 0.15) is 24.5 Å². The predicted molar refractivity (Wildman–Crippen MR) is 65.4 cm³/mol. The van der Waals surface area contributed by atoms with E-state index in [0.29, 0.717) is 5.56 Å². The number of rotatable bonds is 5. The fourth-order valence-corrected chi connectivity index (χ4v) is 1.59. The van der Waals surface area contributed by atoms with Crippen LogP contribution in [0, 0.1) is 0 Å². The molecule has 1 N–H and O–H groups in total. The number of hydrogen-bond donors (Lipinski definition) is 1. The number of benzene rings is 1. The number of ether oxygens (including phenoxy) is 1. The van der Waals surface area contributed by atoms with Crippen molar-refractivity contribution in [3.63, 3.8) is 0 Å². The van der Waals surface area contributed by atoms with E-state index >= 15 is 0 Å². The number of Topliss-reactive ketones (excluding diaryl/α,β-unsaturated/α-hetero) is 1. The van der Waals surface area contributed by atoms with Crippen LogP contribution in [-0.2, 0) is 14.3 Å². The largest absolute Gasteiger partial charge is 0.469 e. The molecule has 17 heavy (non-hydrogen) atoms. The molecule has 0 saturated heterocycles. The van der Waals surface area contributed by atoms with Crippen molar-refractivity contribution < 1.29 is 19.4 Å². The Morgan fingerprint density at radius 3 is 2.47 bits per heavy atom. The minimum absolute atomic E-state index is 0.0866. The highest BCUT2D eigenvalue weighted by Gasteiger charge is 2.16. The first-order valence-electron chi connectivity index (χ1n) is 5.05. The Hall–Kier alpha value is -1.20. The maximum absolute atomic E-state index is 11.4. The molecule has 1 atom stereocenters. The molecule has 0 aliphatic heterocycles. The number of halogens is 1. The predicted octanol–water partition coefficient (Wildman–Crippen LogP) is 2.00. The lowest BCUT2D eigenvalue weighted by atomic mass is 10.0. The zero-order valence-corrected chi connectivity index (χ0v) is 10.9. The minimum atomic E-state index is -0.889. The van der Waals surface area contributed by atoms with Gasteiger partial charge in [-0.05, 0) is 17.7 Å². The Bertz CT molecular complexity index is 399. The van der Waals surface area contributed by atoms with Crippen molar-refractivity contribution in [2.24, 2.45) is 0 Å². The highest BCUT2D eigenvalue weighted by Crippen LogP contribution is 2.20. The third-order valence-corrected chi connectivity index (χ3v) is 2.77. The zero-order chi connectivity index (χ0) is 12.8. The first kappa shape index (κ1) is 13.9. The fraction of sp³-hybridized carbons (Fsp3) is 0.333. The van der Waals surface area contributed by atoms with Gasteiger partial charge in [-0.25, -0.2) is 0 Å². The third kappa shape index (κ3) is 4.66. The SMILES string of the molecule is COC(=O)CC(=O)CC(O)c1ccc(Br)cc1. The molecule has 1 aromatic rings. The number of carbonyl (C=O) groups excluding carboxylic acids is 2. The quantitative estimate of drug-likeness (QED) is 0.667. The molecule has 0 aliphatic carbocycles. The molecule has 0 aliphatic rings. The molecule has 92 valence electrons. The number of aliphatic hydroxyl groups excluding tert-OH is 1. The van der Waals surface area contributed by atoms with Gasteiger partial charge in [0.05, 0.1) is 13.2 Å². The van der Waals surface area contributed by atoms with E-state index in [1.807, 2.05) is 0 Å². The highest BCUT2D eigenvalue weighted by molar-refractivity contribution is 9.10. The van der Waals surface area contributed by atoms with Gasteiger partial charge in [-0.2, -0.15) is 0 Å². The Labute approximate surface area is 108 Å². The van der Waals surface area contributed by atoms with Gasteiger partial charge in [0, 0.05) is 10.9 Å². The summed E-state index contributed by atoms with van der Waals surface area (Å²) in [6.07, 6.45) is -1.28. The van der Waals surface area contributed by atoms with Crippen molar-refractivity contribution in [1.29, 1.82) is 0 Å². The minimum Gasteiger partial charge on any atom is -0.469 e. The average molecular weight is 301 g/mol. The van der Waals surface area contributed by atoms with Crippen molar-refractivity contribution in [2.45, 2.75) is 18.9 Å². The van der Waals surface area contributed by atoms with Crippen LogP contribution in [0.4, 0.5) is 0 Å². The second kappa shape index (κ2) is 6.51. The van der Waals surface area contributed by atoms with Crippen LogP contribution in [-0.4, -0.2) is 24.0 Å². The Morgan fingerprint density at radius 2 is 1.94 bits per heavy atom. The van der Waals surface area contributed by atoms with Gasteiger partial charge < -0.3 is 9.84 Å². The summed E-state index contributed by atoms with van der Waals surface area (Å²) in [5.74, 6) is -0.926. The van der Waals surface area contributed by atoms with Crippen LogP contribution in [0.3, 0.4) is 0 Å². The van der Waals surface area contributed by atoms with E-state index in [1.165, 1.54) is 7.11 Å². The Kier molecular flexibility index (Phi) is 5.31. The summed E-state index contributed by atoms with van der Waals surface area (Å²) >= 11 is 3.28. The summed E-state index contributed by atoms with van der Waals surface area (Å²) in [6.45, 7) is 0. The summed E-state index contributed by atoms with van der Waals surface area (Å²) in [4.78, 5) is 22.2. The topological polar surface area (TPSA) is 63.6 Å². The van der Waals surface area contributed by atoms with Crippen LogP contribution in [0.5, 0.6) is 0 Å². The number of hydrogen-bond acceptors (Lipinski definition) is 4. The van der Waals surface area contributed by atoms with E-state index in [-0.39, 0.29) is 18.6 Å². The molecule has 1 rings (SSSR count). The monoisotopic (exact) mass is 300 g/mol. The van der Waals surface area contributed by atoms with Crippen molar-refractivity contribution in [3.8, 4) is 0 Å². The molecule has 0 heterocycles. The normalized spacial score (nSPS) is 11.9. The second-order valence-corrected chi connectivity index (χ2v) is 4.48. The zero-order valence-electron chi connectivity index (χ0n) is 9.35. The summed E-state index contributed by atoms with van der Waals surface area (Å²) in [5.41, 5.74) is 0.645. The summed E-state index contributed by atoms with van der Waals surface area (Å²) in [5, 5.41) is 9.78. The molecular weight excluding hydrogens is 288 g/mol. The second-order valence-electron chi connectivity index (χ2n) is 3.56. The number of ketones is 1. The van der Waals surface area contributed by atoms with Gasteiger partial charge in [-0.1, -0.05) is 28.1 Å². The molecule has 0 bridgehead atoms. The van der Waals surface area contributed by atoms with Gasteiger partial charge in [-0.3, -0.25) is 9.59 Å². The molecule has 0 amide bonds. The maximum atomic E-state index is 11.4. The van der Waals surface area contributed by atoms with Crippen LogP contribution >= 0.6 is 15.9 Å². The molecule has 0 saturated carbocycles. The average Bonchev–Trinajstić information content (AvgIpc) is 2.29. The fourth-order valence-electron chi connectivity index (χ4n) is 1.32. The van der Waals surface area contributed by atoms with E-state index in [0.717, 1.165) is 4.47 Å². The molecule has 4 nitrogen and oxygen atoms in total. The number of carbonyl (C=O) groups is 2. The Morgan fingerprint density at radius 1 is 1.35 bits per heavy atom. The van der Waals surface area contributed by atoms with Crippen molar-refractivity contribution >= 4 is 27.7 Å². The number of aliphatic hydroxyl groups is 1. The lowest BCUT2D eigenvalue weighted by Gasteiger charge is -2.09. The van der Waals surface area contributed by atoms with Crippen molar-refractivity contribution in [3.05, 3.63) is 34.3 Å². The molecule has 0 fully saturated rings. The lowest BCUT2D eigenvalue weighted by molar-refractivity contribution is -0.143. The van der Waals surface area contributed by atoms with Gasteiger partial charge in [0.15, 0.2) is 0 Å². The van der Waals surface area contributed by atoms with Crippen LogP contribution in [0.25, 0.3) is 0 Å². The van der Waals surface area contributed by atoms with E-state index in [9.17, 15) is 14.7 Å². The third-order valence-electron chi connectivity index (χ3n) is 2.24. The molecule has 0 spiro atoms. The van der Waals surface area contributed by atoms with Gasteiger partial charge in [0.25, 0.3) is 0 Å². The van der Waals surface area contributed by atoms with E-state index in [2.05, 4.69) is 20.7 Å². The first-order valence-corrected chi connectivity index (χ1v) is 5.84. The number of esters is 1. The van der Waals surface area contributed by atoms with Crippen molar-refractivity contribution in [1.82, 2.24) is 0 Å². The van der Waals surface area contributed by atoms with Crippen LogP contribution in [0.2, 0.25) is 0 Å². The summed E-state index contributed by atoms with van der Waals surface area (Å²) in [7, 11) is 1.22. The molecule has 1 aromatic carbocycles. The number of methoxy groups -OCH3 is 1. The van der Waals surface area contributed by atoms with Crippen molar-refractivity contribution in [2.75, 3.05) is 7.11 Å². The summed E-state index contributed by atoms with van der Waals surface area (Å²) in [6, 6.07) is 7.01. The molecule has 0 radical (unpaired) electrons. The van der Waals surface area contributed by atoms with Crippen LogP contribution in [0.15, 0.2) is 28.7 Å². The van der Waals surface area contributed by atoms with E-state index < -0.39 is 12.1 Å². The summed E-state index contributed by atoms with van der Waals surface area (Å²) < 4.78 is 5.27. The molecule has 5 heteroatoms. The van der Waals surface area contributed by atoms with Gasteiger partial charge in [0.1, 0.15) is 12.2 Å². The molecular formula is C12H13BrO4. The first-order chi connectivity index (χ1) is 8.02. The van der Waals surface area contributed by atoms with E-state index in [4.69, 9.17) is 0 Å². The van der Waals surface area contributed by atoms with Crippen LogP contribution < -0.4 is 0 Å². The lowest BCUT2D eigenvalue weighted by Crippen LogP contribution is -2.12. The standard InChI is InChI=1S/C12H13BrO4/c1-17-12(16)7-10(14)6-11(15)8-2-4-9(13)5-3-8/h2-5,11,15H,6-7H2,1H3. The molecule has 0 aromatic heterocycles. The van der Waals surface area contributed by atoms with E-state index in [1.54, 1.807) is 24.3 Å². The highest BCUT2D eigenvalue weighted by atomic mass is 79.9. The molecule has 1 unspecified atom stereocenters. The Balaban J connectivity index is 2.54. The smallest absolute Gasteiger partial charge is 0.313 e.